The summed E-state index contributed by atoms with van der Waals surface area (Å²) in [4.78, 5) is 32.1. The molecule has 1 fully saturated rings. The van der Waals surface area contributed by atoms with Crippen LogP contribution in [0.3, 0.4) is 0 Å². The topological polar surface area (TPSA) is 62.3 Å². The van der Waals surface area contributed by atoms with Gasteiger partial charge in [0.2, 0.25) is 11.8 Å². The van der Waals surface area contributed by atoms with Gasteiger partial charge in [-0.2, -0.15) is 0 Å². The van der Waals surface area contributed by atoms with Gasteiger partial charge in [-0.3, -0.25) is 14.6 Å². The first kappa shape index (κ1) is 22.0. The summed E-state index contributed by atoms with van der Waals surface area (Å²) < 4.78 is 0. The second-order valence-corrected chi connectivity index (χ2v) is 9.33. The molecule has 2 amide bonds. The van der Waals surface area contributed by atoms with Crippen molar-refractivity contribution < 1.29 is 9.59 Å². The van der Waals surface area contributed by atoms with Gasteiger partial charge in [0.05, 0.1) is 5.41 Å². The molecular formula is C25H33N3O2. The van der Waals surface area contributed by atoms with E-state index in [9.17, 15) is 9.59 Å². The zero-order chi connectivity index (χ0) is 21.8. The monoisotopic (exact) mass is 407 g/mol. The molecule has 1 aromatic heterocycles. The SMILES string of the molecule is CCNC(=O)C1(Cc2ccc(-c3ccncc3)cc2)CCCN(C(=O)C(C)(C)C)C1. The Balaban J connectivity index is 1.85. The highest BCUT2D eigenvalue weighted by molar-refractivity contribution is 5.86. The van der Waals surface area contributed by atoms with E-state index in [4.69, 9.17) is 0 Å². The first-order valence-electron chi connectivity index (χ1n) is 10.8. The van der Waals surface area contributed by atoms with Gasteiger partial charge in [-0.1, -0.05) is 45.0 Å². The number of piperidine rings is 1. The van der Waals surface area contributed by atoms with Gasteiger partial charge < -0.3 is 10.2 Å². The van der Waals surface area contributed by atoms with E-state index in [2.05, 4.69) is 34.6 Å². The molecule has 0 saturated carbocycles. The zero-order valence-corrected chi connectivity index (χ0v) is 18.6. The molecule has 2 aromatic rings. The van der Waals surface area contributed by atoms with Crippen LogP contribution in [0.4, 0.5) is 0 Å². The molecule has 0 spiro atoms. The Labute approximate surface area is 179 Å². The summed E-state index contributed by atoms with van der Waals surface area (Å²) in [6.07, 6.45) is 5.84. The van der Waals surface area contributed by atoms with E-state index in [-0.39, 0.29) is 11.8 Å². The van der Waals surface area contributed by atoms with Crippen molar-refractivity contribution in [1.29, 1.82) is 0 Å². The number of carbonyl (C=O) groups is 2. The van der Waals surface area contributed by atoms with Gasteiger partial charge in [0.15, 0.2) is 0 Å². The van der Waals surface area contributed by atoms with Crippen LogP contribution in [0.5, 0.6) is 0 Å². The van der Waals surface area contributed by atoms with Gasteiger partial charge in [0, 0.05) is 37.4 Å². The number of hydrogen-bond acceptors (Lipinski definition) is 3. The molecule has 30 heavy (non-hydrogen) atoms. The van der Waals surface area contributed by atoms with Crippen molar-refractivity contribution in [3.8, 4) is 11.1 Å². The van der Waals surface area contributed by atoms with Crippen LogP contribution in [0.25, 0.3) is 11.1 Å². The van der Waals surface area contributed by atoms with Crippen LogP contribution in [0.2, 0.25) is 0 Å². The summed E-state index contributed by atoms with van der Waals surface area (Å²) in [5.41, 5.74) is 2.32. The smallest absolute Gasteiger partial charge is 0.228 e. The highest BCUT2D eigenvalue weighted by Gasteiger charge is 2.44. The van der Waals surface area contributed by atoms with Crippen molar-refractivity contribution in [3.63, 3.8) is 0 Å². The molecule has 0 aliphatic carbocycles. The predicted octanol–water partition coefficient (Wildman–Crippen LogP) is 4.08. The van der Waals surface area contributed by atoms with E-state index in [1.165, 1.54) is 0 Å². The summed E-state index contributed by atoms with van der Waals surface area (Å²) in [5.74, 6) is 0.165. The summed E-state index contributed by atoms with van der Waals surface area (Å²) in [6, 6.07) is 12.4. The molecule has 1 N–H and O–H groups in total. The number of amides is 2. The Morgan fingerprint density at radius 1 is 1.07 bits per heavy atom. The van der Waals surface area contributed by atoms with Gasteiger partial charge in [0.25, 0.3) is 0 Å². The van der Waals surface area contributed by atoms with Crippen molar-refractivity contribution in [3.05, 3.63) is 54.4 Å². The largest absolute Gasteiger partial charge is 0.356 e. The number of nitrogens with zero attached hydrogens (tertiary/aromatic N) is 2. The maximum Gasteiger partial charge on any atom is 0.228 e. The number of pyridine rings is 1. The molecule has 3 rings (SSSR count). The van der Waals surface area contributed by atoms with Crippen LogP contribution in [0, 0.1) is 10.8 Å². The zero-order valence-electron chi connectivity index (χ0n) is 18.6. The fourth-order valence-corrected chi connectivity index (χ4v) is 4.29. The predicted molar refractivity (Wildman–Crippen MR) is 120 cm³/mol. The highest BCUT2D eigenvalue weighted by Crippen LogP contribution is 2.36. The van der Waals surface area contributed by atoms with Crippen LogP contribution >= 0.6 is 0 Å². The van der Waals surface area contributed by atoms with Crippen molar-refractivity contribution in [2.75, 3.05) is 19.6 Å². The van der Waals surface area contributed by atoms with E-state index in [0.29, 0.717) is 19.5 Å². The fraction of sp³-hybridized carbons (Fsp3) is 0.480. The van der Waals surface area contributed by atoms with Gasteiger partial charge in [-0.25, -0.2) is 0 Å². The second-order valence-electron chi connectivity index (χ2n) is 9.33. The minimum atomic E-state index is -0.590. The lowest BCUT2D eigenvalue weighted by atomic mass is 9.73. The molecule has 1 saturated heterocycles. The molecule has 5 heteroatoms. The third-order valence-electron chi connectivity index (χ3n) is 5.83. The molecule has 1 atom stereocenters. The molecule has 5 nitrogen and oxygen atoms in total. The standard InChI is InChI=1S/C25H33N3O2/c1-5-27-22(29)25(13-6-16-28(18-25)23(30)24(2,3)4)17-19-7-9-20(10-8-19)21-11-14-26-15-12-21/h7-12,14-15H,5-6,13,16-18H2,1-4H3,(H,27,29). The van der Waals surface area contributed by atoms with Crippen LogP contribution < -0.4 is 5.32 Å². The minimum absolute atomic E-state index is 0.0506. The minimum Gasteiger partial charge on any atom is -0.356 e. The average molecular weight is 408 g/mol. The lowest BCUT2D eigenvalue weighted by molar-refractivity contribution is -0.147. The molecule has 1 aromatic carbocycles. The van der Waals surface area contributed by atoms with Crippen LogP contribution in [0.15, 0.2) is 48.8 Å². The van der Waals surface area contributed by atoms with Crippen molar-refractivity contribution >= 4 is 11.8 Å². The van der Waals surface area contributed by atoms with Gasteiger partial charge in [0.1, 0.15) is 0 Å². The quantitative estimate of drug-likeness (QED) is 0.812. The second kappa shape index (κ2) is 8.99. The third-order valence-corrected chi connectivity index (χ3v) is 5.83. The lowest BCUT2D eigenvalue weighted by Gasteiger charge is -2.43. The van der Waals surface area contributed by atoms with Crippen LogP contribution in [-0.4, -0.2) is 41.3 Å². The number of nitrogens with one attached hydrogen (secondary N) is 1. The van der Waals surface area contributed by atoms with E-state index < -0.39 is 10.8 Å². The maximum atomic E-state index is 13.2. The van der Waals surface area contributed by atoms with E-state index in [0.717, 1.165) is 36.1 Å². The average Bonchev–Trinajstić information content (AvgIpc) is 2.74. The number of hydrogen-bond donors (Lipinski definition) is 1. The summed E-state index contributed by atoms with van der Waals surface area (Å²) in [6.45, 7) is 9.55. The van der Waals surface area contributed by atoms with E-state index >= 15 is 0 Å². The molecule has 0 bridgehead atoms. The molecule has 0 radical (unpaired) electrons. The normalized spacial score (nSPS) is 19.4. The van der Waals surface area contributed by atoms with E-state index in [1.807, 2.05) is 44.7 Å². The number of benzene rings is 1. The Morgan fingerprint density at radius 2 is 1.70 bits per heavy atom. The van der Waals surface area contributed by atoms with E-state index in [1.54, 1.807) is 12.4 Å². The van der Waals surface area contributed by atoms with Crippen LogP contribution in [-0.2, 0) is 16.0 Å². The molecule has 2 heterocycles. The van der Waals surface area contributed by atoms with Gasteiger partial charge >= 0.3 is 0 Å². The van der Waals surface area contributed by atoms with Crippen LogP contribution in [0.1, 0.15) is 46.1 Å². The number of aromatic nitrogens is 1. The van der Waals surface area contributed by atoms with Gasteiger partial charge in [-0.05, 0) is 55.0 Å². The molecule has 1 aliphatic heterocycles. The van der Waals surface area contributed by atoms with Crippen molar-refractivity contribution in [2.24, 2.45) is 10.8 Å². The lowest BCUT2D eigenvalue weighted by Crippen LogP contribution is -2.56. The first-order chi connectivity index (χ1) is 14.2. The summed E-state index contributed by atoms with van der Waals surface area (Å²) >= 11 is 0. The summed E-state index contributed by atoms with van der Waals surface area (Å²) in [7, 11) is 0. The summed E-state index contributed by atoms with van der Waals surface area (Å²) in [5, 5.41) is 3.03. The fourth-order valence-electron chi connectivity index (χ4n) is 4.29. The maximum absolute atomic E-state index is 13.2. The van der Waals surface area contributed by atoms with Gasteiger partial charge in [-0.15, -0.1) is 0 Å². The molecule has 1 aliphatic rings. The molecular weight excluding hydrogens is 374 g/mol. The Bertz CT molecular complexity index is 872. The molecule has 1 unspecified atom stereocenters. The van der Waals surface area contributed by atoms with Crippen molar-refractivity contribution in [1.82, 2.24) is 15.2 Å². The highest BCUT2D eigenvalue weighted by atomic mass is 16.2. The Kier molecular flexibility index (Phi) is 6.59. The number of carbonyl (C=O) groups excluding carboxylic acids is 2. The Hall–Kier alpha value is -2.69. The third kappa shape index (κ3) is 4.89. The van der Waals surface area contributed by atoms with Crippen molar-refractivity contribution in [2.45, 2.75) is 47.0 Å². The Morgan fingerprint density at radius 3 is 2.30 bits per heavy atom. The first-order valence-corrected chi connectivity index (χ1v) is 10.8. The number of likely N-dealkylation sites (tertiary alicyclic amines) is 1. The molecule has 160 valence electrons. The number of rotatable bonds is 5.